The molecule has 1 amide bonds. The lowest BCUT2D eigenvalue weighted by molar-refractivity contribution is -0.117. The number of aromatic nitrogens is 4. The van der Waals surface area contributed by atoms with Crippen LogP contribution in [0.1, 0.15) is 25.3 Å². The number of carbonyl (C=O) groups is 1. The minimum atomic E-state index is -1.08. The third kappa shape index (κ3) is 3.22. The number of pyridine rings is 1. The van der Waals surface area contributed by atoms with Crippen LogP contribution in [0.2, 0.25) is 5.02 Å². The molecular formula is C23H17ClF2N6O. The predicted octanol–water partition coefficient (Wildman–Crippen LogP) is 5.17. The van der Waals surface area contributed by atoms with Crippen LogP contribution in [0.5, 0.6) is 0 Å². The number of H-pyrrole nitrogens is 1. The standard InChI is InChI=1S/C23H17ClF2N6O/c1-10-4-12(6-27-10)19-21(26)20(24)18(14-7-28-31-22(14)19)11-2-3-17-29-16(9-32(17)8-11)30-23(33)13-5-15(13)25/h2-3,6-9,13,15H,4-5H2,1H3,(H,28,31)(H,30,33)/t13-,15+/m1/s1. The molecule has 0 radical (unpaired) electrons. The lowest BCUT2D eigenvalue weighted by atomic mass is 9.95. The number of hydrogen-bond acceptors (Lipinski definition) is 4. The molecule has 3 aromatic heterocycles. The van der Waals surface area contributed by atoms with Crippen LogP contribution in [0.4, 0.5) is 14.6 Å². The van der Waals surface area contributed by atoms with Gasteiger partial charge in [0.15, 0.2) is 11.6 Å². The zero-order valence-electron chi connectivity index (χ0n) is 17.4. The van der Waals surface area contributed by atoms with Crippen molar-refractivity contribution in [3.05, 3.63) is 53.3 Å². The van der Waals surface area contributed by atoms with Gasteiger partial charge in [-0.15, -0.1) is 0 Å². The average Bonchev–Trinajstić information content (AvgIpc) is 3.16. The summed E-state index contributed by atoms with van der Waals surface area (Å²) < 4.78 is 30.4. The highest BCUT2D eigenvalue weighted by Gasteiger charge is 2.43. The van der Waals surface area contributed by atoms with E-state index in [2.05, 4.69) is 25.5 Å². The molecular weight excluding hydrogens is 450 g/mol. The maximum atomic E-state index is 15.5. The Balaban J connectivity index is 1.43. The zero-order chi connectivity index (χ0) is 22.9. The summed E-state index contributed by atoms with van der Waals surface area (Å²) in [6.45, 7) is 1.89. The van der Waals surface area contributed by atoms with Crippen LogP contribution in [-0.2, 0) is 4.79 Å². The van der Waals surface area contributed by atoms with Gasteiger partial charge in [-0.25, -0.2) is 13.8 Å². The molecule has 7 nitrogen and oxygen atoms in total. The Morgan fingerprint density at radius 3 is 2.85 bits per heavy atom. The second-order valence-electron chi connectivity index (χ2n) is 8.39. The van der Waals surface area contributed by atoms with Crippen molar-refractivity contribution < 1.29 is 13.6 Å². The number of rotatable bonds is 4. The van der Waals surface area contributed by atoms with E-state index >= 15 is 4.39 Å². The molecule has 1 aliphatic heterocycles. The highest BCUT2D eigenvalue weighted by Crippen LogP contribution is 2.42. The summed E-state index contributed by atoms with van der Waals surface area (Å²) in [6.07, 6.45) is 6.36. The molecule has 33 heavy (non-hydrogen) atoms. The van der Waals surface area contributed by atoms with Gasteiger partial charge in [0, 0.05) is 46.6 Å². The Morgan fingerprint density at radius 2 is 2.12 bits per heavy atom. The molecule has 0 bridgehead atoms. The molecule has 2 N–H and O–H groups in total. The molecule has 1 saturated carbocycles. The minimum Gasteiger partial charge on any atom is -0.309 e. The van der Waals surface area contributed by atoms with Gasteiger partial charge in [0.05, 0.1) is 28.9 Å². The molecule has 1 fully saturated rings. The Hall–Kier alpha value is -3.59. The molecule has 0 spiro atoms. The van der Waals surface area contributed by atoms with Crippen molar-refractivity contribution in [1.82, 2.24) is 19.6 Å². The van der Waals surface area contributed by atoms with Crippen LogP contribution in [-0.4, -0.2) is 37.4 Å². The smallest absolute Gasteiger partial charge is 0.231 e. The highest BCUT2D eigenvalue weighted by molar-refractivity contribution is 6.35. The van der Waals surface area contributed by atoms with Crippen molar-refractivity contribution in [1.29, 1.82) is 0 Å². The molecule has 0 saturated heterocycles. The zero-order valence-corrected chi connectivity index (χ0v) is 18.1. The van der Waals surface area contributed by atoms with E-state index in [1.807, 2.05) is 6.92 Å². The normalized spacial score (nSPS) is 19.8. The number of halogens is 3. The highest BCUT2D eigenvalue weighted by atomic mass is 35.5. The van der Waals surface area contributed by atoms with Crippen molar-refractivity contribution >= 4 is 51.2 Å². The average molecular weight is 467 g/mol. The van der Waals surface area contributed by atoms with Gasteiger partial charge in [-0.1, -0.05) is 11.6 Å². The van der Waals surface area contributed by atoms with E-state index in [0.29, 0.717) is 45.5 Å². The predicted molar refractivity (Wildman–Crippen MR) is 123 cm³/mol. The van der Waals surface area contributed by atoms with E-state index in [0.717, 1.165) is 11.3 Å². The molecule has 1 aliphatic carbocycles. The number of nitrogens with zero attached hydrogens (tertiary/aromatic N) is 4. The minimum absolute atomic E-state index is 0.0138. The largest absolute Gasteiger partial charge is 0.309 e. The number of nitrogens with one attached hydrogen (secondary N) is 2. The second kappa shape index (κ2) is 7.21. The molecule has 0 unspecified atom stereocenters. The van der Waals surface area contributed by atoms with Crippen LogP contribution >= 0.6 is 11.6 Å². The molecule has 1 aromatic carbocycles. The Morgan fingerprint density at radius 1 is 1.30 bits per heavy atom. The van der Waals surface area contributed by atoms with Crippen LogP contribution in [0.15, 0.2) is 41.9 Å². The maximum absolute atomic E-state index is 15.5. The second-order valence-corrected chi connectivity index (χ2v) is 8.77. The van der Waals surface area contributed by atoms with Gasteiger partial charge < -0.3 is 9.72 Å². The van der Waals surface area contributed by atoms with E-state index in [1.165, 1.54) is 0 Å². The Kier molecular flexibility index (Phi) is 4.38. The fourth-order valence-electron chi connectivity index (χ4n) is 4.26. The van der Waals surface area contributed by atoms with Gasteiger partial charge in [-0.2, -0.15) is 5.10 Å². The Bertz CT molecular complexity index is 1540. The van der Waals surface area contributed by atoms with Crippen LogP contribution < -0.4 is 5.32 Å². The number of hydrogen-bond donors (Lipinski definition) is 2. The van der Waals surface area contributed by atoms with Gasteiger partial charge in [-0.05, 0) is 31.1 Å². The number of aromatic amines is 1. The molecule has 2 atom stereocenters. The van der Waals surface area contributed by atoms with E-state index < -0.39 is 17.9 Å². The Labute approximate surface area is 191 Å². The first-order valence-corrected chi connectivity index (χ1v) is 10.8. The van der Waals surface area contributed by atoms with Gasteiger partial charge in [0.1, 0.15) is 11.8 Å². The van der Waals surface area contributed by atoms with Crippen molar-refractivity contribution in [2.45, 2.75) is 25.9 Å². The summed E-state index contributed by atoms with van der Waals surface area (Å²) in [7, 11) is 0. The van der Waals surface area contributed by atoms with Crippen molar-refractivity contribution in [2.75, 3.05) is 5.32 Å². The number of imidazole rings is 1. The fraction of sp³-hybridized carbons (Fsp3) is 0.217. The van der Waals surface area contributed by atoms with Gasteiger partial charge in [0.2, 0.25) is 5.91 Å². The van der Waals surface area contributed by atoms with Crippen LogP contribution in [0, 0.1) is 11.7 Å². The van der Waals surface area contributed by atoms with Crippen molar-refractivity contribution in [3.8, 4) is 11.1 Å². The maximum Gasteiger partial charge on any atom is 0.231 e. The molecule has 4 aromatic rings. The lowest BCUT2D eigenvalue weighted by Crippen LogP contribution is -2.15. The number of benzene rings is 1. The van der Waals surface area contributed by atoms with Crippen molar-refractivity contribution in [3.63, 3.8) is 0 Å². The number of alkyl halides is 1. The quantitative estimate of drug-likeness (QED) is 0.435. The summed E-state index contributed by atoms with van der Waals surface area (Å²) in [5, 5.41) is 10.3. The van der Waals surface area contributed by atoms with E-state index in [-0.39, 0.29) is 17.4 Å². The third-order valence-corrected chi connectivity index (χ3v) is 6.39. The third-order valence-electron chi connectivity index (χ3n) is 6.04. The van der Waals surface area contributed by atoms with Crippen molar-refractivity contribution in [2.24, 2.45) is 10.9 Å². The summed E-state index contributed by atoms with van der Waals surface area (Å²) in [6, 6.07) is 3.52. The monoisotopic (exact) mass is 466 g/mol. The number of fused-ring (bicyclic) bond motifs is 2. The summed E-state index contributed by atoms with van der Waals surface area (Å²) >= 11 is 6.57. The van der Waals surface area contributed by atoms with Crippen LogP contribution in [0.3, 0.4) is 0 Å². The van der Waals surface area contributed by atoms with E-state index in [1.54, 1.807) is 41.3 Å². The number of anilines is 1. The molecule has 4 heterocycles. The molecule has 10 heteroatoms. The summed E-state index contributed by atoms with van der Waals surface area (Å²) in [4.78, 5) is 20.6. The van der Waals surface area contributed by atoms with E-state index in [4.69, 9.17) is 11.6 Å². The molecule has 166 valence electrons. The number of allylic oxidation sites excluding steroid dienone is 1. The molecule has 6 rings (SSSR count). The SMILES string of the molecule is CC1=NC=C(c2c(F)c(Cl)c(-c3ccc4nc(NC(=O)[C@@H]5C[C@@H]5F)cn4c3)c3cn[nH]c23)C1. The number of amides is 1. The van der Waals surface area contributed by atoms with Gasteiger partial charge in [-0.3, -0.25) is 14.9 Å². The van der Waals surface area contributed by atoms with E-state index in [9.17, 15) is 9.18 Å². The van der Waals surface area contributed by atoms with Crippen LogP contribution in [0.25, 0.3) is 33.3 Å². The first kappa shape index (κ1) is 20.0. The molecule has 2 aliphatic rings. The lowest BCUT2D eigenvalue weighted by Gasteiger charge is -2.13. The van der Waals surface area contributed by atoms with Gasteiger partial charge in [0.25, 0.3) is 0 Å². The first-order valence-electron chi connectivity index (χ1n) is 10.4. The first-order chi connectivity index (χ1) is 15.9. The summed E-state index contributed by atoms with van der Waals surface area (Å²) in [5.74, 6) is -1.21. The topological polar surface area (TPSA) is 87.4 Å². The fourth-order valence-corrected chi connectivity index (χ4v) is 4.57. The number of aliphatic imine (C=N–C) groups is 1. The number of carbonyl (C=O) groups excluding carboxylic acids is 1. The summed E-state index contributed by atoms with van der Waals surface area (Å²) in [5.41, 5.74) is 4.28. The van der Waals surface area contributed by atoms with Gasteiger partial charge >= 0.3 is 0 Å².